The molecule has 1 N–H and O–H groups in total. The summed E-state index contributed by atoms with van der Waals surface area (Å²) in [6, 6.07) is 10.1. The summed E-state index contributed by atoms with van der Waals surface area (Å²) in [5.41, 5.74) is 2.25. The van der Waals surface area contributed by atoms with Crippen LogP contribution in [-0.2, 0) is 12.4 Å². The number of halogens is 1. The Balaban J connectivity index is 1.81. The van der Waals surface area contributed by atoms with E-state index in [1.165, 1.54) is 0 Å². The third-order valence-corrected chi connectivity index (χ3v) is 2.65. The van der Waals surface area contributed by atoms with Gasteiger partial charge in [0.05, 0.1) is 6.54 Å². The summed E-state index contributed by atoms with van der Waals surface area (Å²) < 4.78 is 1.90. The number of rotatable bonds is 5. The molecular weight excluding hydrogens is 222 g/mol. The minimum Gasteiger partial charge on any atom is -0.383 e. The number of hydrogen-bond donors (Lipinski definition) is 1. The summed E-state index contributed by atoms with van der Waals surface area (Å²) in [6.45, 7) is 1.73. The van der Waals surface area contributed by atoms with Crippen LogP contribution in [0.1, 0.15) is 5.56 Å². The Kier molecular flexibility index (Phi) is 3.83. The quantitative estimate of drug-likeness (QED) is 0.808. The first-order chi connectivity index (χ1) is 7.88. The molecule has 0 aliphatic carbocycles. The number of hydrogen-bond acceptors (Lipinski definition) is 2. The van der Waals surface area contributed by atoms with Gasteiger partial charge in [0, 0.05) is 30.5 Å². The Morgan fingerprint density at radius 3 is 2.69 bits per heavy atom. The smallest absolute Gasteiger partial charge is 0.0582 e. The lowest BCUT2D eigenvalue weighted by molar-refractivity contribution is 0.638. The maximum atomic E-state index is 5.72. The zero-order chi connectivity index (χ0) is 11.2. The number of benzene rings is 1. The molecule has 1 aromatic carbocycles. The predicted molar refractivity (Wildman–Crippen MR) is 66.7 cm³/mol. The second kappa shape index (κ2) is 5.56. The zero-order valence-electron chi connectivity index (χ0n) is 8.94. The van der Waals surface area contributed by atoms with E-state index in [-0.39, 0.29) is 0 Å². The van der Waals surface area contributed by atoms with Gasteiger partial charge < -0.3 is 5.32 Å². The van der Waals surface area contributed by atoms with Crippen molar-refractivity contribution in [1.29, 1.82) is 0 Å². The van der Waals surface area contributed by atoms with E-state index >= 15 is 0 Å². The van der Waals surface area contributed by atoms with Crippen LogP contribution >= 0.6 is 11.6 Å². The van der Waals surface area contributed by atoms with Crippen LogP contribution < -0.4 is 5.32 Å². The molecule has 0 radical (unpaired) electrons. The van der Waals surface area contributed by atoms with Gasteiger partial charge in [-0.15, -0.1) is 11.6 Å². The lowest BCUT2D eigenvalue weighted by Gasteiger charge is -2.06. The first-order valence-corrected chi connectivity index (χ1v) is 5.78. The zero-order valence-corrected chi connectivity index (χ0v) is 9.69. The molecule has 84 valence electrons. The van der Waals surface area contributed by atoms with Crippen molar-refractivity contribution < 1.29 is 0 Å². The maximum Gasteiger partial charge on any atom is 0.0582 e. The average molecular weight is 236 g/mol. The third kappa shape index (κ3) is 3.00. The van der Waals surface area contributed by atoms with Gasteiger partial charge in [-0.3, -0.25) is 4.68 Å². The van der Waals surface area contributed by atoms with Crippen molar-refractivity contribution in [2.75, 3.05) is 11.9 Å². The Hall–Kier alpha value is -1.48. The van der Waals surface area contributed by atoms with Crippen LogP contribution in [-0.4, -0.2) is 16.3 Å². The molecule has 2 aromatic rings. The van der Waals surface area contributed by atoms with E-state index in [4.69, 9.17) is 11.6 Å². The summed E-state index contributed by atoms with van der Waals surface area (Å²) in [5.74, 6) is 0.563. The lowest BCUT2D eigenvalue weighted by atomic mass is 10.2. The van der Waals surface area contributed by atoms with Crippen LogP contribution in [0.2, 0.25) is 0 Å². The molecule has 0 unspecified atom stereocenters. The number of nitrogens with zero attached hydrogens (tertiary/aromatic N) is 2. The molecular formula is C12H14ClN3. The Morgan fingerprint density at radius 2 is 2.06 bits per heavy atom. The Bertz CT molecular complexity index is 408. The van der Waals surface area contributed by atoms with E-state index in [9.17, 15) is 0 Å². The van der Waals surface area contributed by atoms with Gasteiger partial charge in [0.1, 0.15) is 0 Å². The van der Waals surface area contributed by atoms with Crippen LogP contribution in [0.15, 0.2) is 42.7 Å². The molecule has 0 spiro atoms. The van der Waals surface area contributed by atoms with Gasteiger partial charge in [-0.25, -0.2) is 0 Å². The maximum absolute atomic E-state index is 5.72. The van der Waals surface area contributed by atoms with E-state index in [2.05, 4.69) is 10.4 Å². The summed E-state index contributed by atoms with van der Waals surface area (Å²) in [5, 5.41) is 7.46. The van der Waals surface area contributed by atoms with Crippen molar-refractivity contribution in [3.05, 3.63) is 48.3 Å². The highest BCUT2D eigenvalue weighted by atomic mass is 35.5. The normalized spacial score (nSPS) is 10.3. The second-order valence-electron chi connectivity index (χ2n) is 3.53. The molecule has 16 heavy (non-hydrogen) atoms. The SMILES string of the molecule is ClCc1ccc(NCCn2cccn2)cc1. The van der Waals surface area contributed by atoms with Gasteiger partial charge in [0.15, 0.2) is 0 Å². The molecule has 0 fully saturated rings. The topological polar surface area (TPSA) is 29.9 Å². The summed E-state index contributed by atoms with van der Waals surface area (Å²) in [4.78, 5) is 0. The lowest BCUT2D eigenvalue weighted by Crippen LogP contribution is -2.10. The molecule has 0 amide bonds. The van der Waals surface area contributed by atoms with Gasteiger partial charge >= 0.3 is 0 Å². The molecule has 0 aliphatic rings. The van der Waals surface area contributed by atoms with Crippen molar-refractivity contribution >= 4 is 17.3 Å². The third-order valence-electron chi connectivity index (χ3n) is 2.34. The largest absolute Gasteiger partial charge is 0.383 e. The van der Waals surface area contributed by atoms with Crippen LogP contribution in [0.25, 0.3) is 0 Å². The number of nitrogens with one attached hydrogen (secondary N) is 1. The standard InChI is InChI=1S/C12H14ClN3/c13-10-11-2-4-12(5-3-11)14-7-9-16-8-1-6-15-16/h1-6,8,14H,7,9-10H2. The van der Waals surface area contributed by atoms with Crippen LogP contribution in [0.4, 0.5) is 5.69 Å². The monoisotopic (exact) mass is 235 g/mol. The second-order valence-corrected chi connectivity index (χ2v) is 3.79. The Morgan fingerprint density at radius 1 is 1.25 bits per heavy atom. The Labute approximate surface area is 100 Å². The molecule has 0 saturated carbocycles. The first-order valence-electron chi connectivity index (χ1n) is 5.25. The number of anilines is 1. The molecule has 1 heterocycles. The molecule has 2 rings (SSSR count). The van der Waals surface area contributed by atoms with Gasteiger partial charge in [-0.2, -0.15) is 5.10 Å². The van der Waals surface area contributed by atoms with Crippen LogP contribution in [0, 0.1) is 0 Å². The van der Waals surface area contributed by atoms with Gasteiger partial charge in [0.2, 0.25) is 0 Å². The van der Waals surface area contributed by atoms with E-state index in [1.807, 2.05) is 41.2 Å². The van der Waals surface area contributed by atoms with Crippen LogP contribution in [0.3, 0.4) is 0 Å². The predicted octanol–water partition coefficient (Wildman–Crippen LogP) is 2.73. The first kappa shape index (κ1) is 11.0. The molecule has 0 aliphatic heterocycles. The summed E-state index contributed by atoms with van der Waals surface area (Å²) in [6.07, 6.45) is 3.74. The average Bonchev–Trinajstić information content (AvgIpc) is 2.83. The molecule has 4 heteroatoms. The van der Waals surface area contributed by atoms with Gasteiger partial charge in [-0.05, 0) is 23.8 Å². The van der Waals surface area contributed by atoms with Crippen molar-refractivity contribution in [3.63, 3.8) is 0 Å². The highest BCUT2D eigenvalue weighted by Crippen LogP contribution is 2.10. The highest BCUT2D eigenvalue weighted by molar-refractivity contribution is 6.17. The molecule has 0 bridgehead atoms. The van der Waals surface area contributed by atoms with E-state index in [0.717, 1.165) is 24.3 Å². The fourth-order valence-corrected chi connectivity index (χ4v) is 1.64. The molecule has 0 saturated heterocycles. The fraction of sp³-hybridized carbons (Fsp3) is 0.250. The van der Waals surface area contributed by atoms with Crippen molar-refractivity contribution in [1.82, 2.24) is 9.78 Å². The van der Waals surface area contributed by atoms with Gasteiger partial charge in [0.25, 0.3) is 0 Å². The number of aromatic nitrogens is 2. The van der Waals surface area contributed by atoms with E-state index < -0.39 is 0 Å². The number of alkyl halides is 1. The van der Waals surface area contributed by atoms with Crippen molar-refractivity contribution in [2.24, 2.45) is 0 Å². The minimum absolute atomic E-state index is 0.563. The van der Waals surface area contributed by atoms with Crippen LogP contribution in [0.5, 0.6) is 0 Å². The molecule has 0 atom stereocenters. The van der Waals surface area contributed by atoms with Crippen molar-refractivity contribution in [3.8, 4) is 0 Å². The van der Waals surface area contributed by atoms with E-state index in [1.54, 1.807) is 6.20 Å². The van der Waals surface area contributed by atoms with E-state index in [0.29, 0.717) is 5.88 Å². The summed E-state index contributed by atoms with van der Waals surface area (Å²) >= 11 is 5.72. The fourth-order valence-electron chi connectivity index (χ4n) is 1.46. The summed E-state index contributed by atoms with van der Waals surface area (Å²) in [7, 11) is 0. The molecule has 3 nitrogen and oxygen atoms in total. The van der Waals surface area contributed by atoms with Gasteiger partial charge in [-0.1, -0.05) is 12.1 Å². The highest BCUT2D eigenvalue weighted by Gasteiger charge is 1.94. The molecule has 1 aromatic heterocycles. The van der Waals surface area contributed by atoms with Crippen molar-refractivity contribution in [2.45, 2.75) is 12.4 Å². The minimum atomic E-state index is 0.563.